The molecule has 1 atom stereocenters. The fourth-order valence-corrected chi connectivity index (χ4v) is 3.01. The Labute approximate surface area is 162 Å². The van der Waals surface area contributed by atoms with Crippen LogP contribution in [0.4, 0.5) is 0 Å². The van der Waals surface area contributed by atoms with Crippen LogP contribution in [-0.4, -0.2) is 36.5 Å². The van der Waals surface area contributed by atoms with Crippen molar-refractivity contribution in [2.24, 2.45) is 0 Å². The van der Waals surface area contributed by atoms with Gasteiger partial charge in [-0.3, -0.25) is 14.5 Å². The monoisotopic (exact) mass is 372 g/mol. The van der Waals surface area contributed by atoms with Gasteiger partial charge in [0, 0.05) is 42.6 Å². The Balaban J connectivity index is 1.64. The summed E-state index contributed by atoms with van der Waals surface area (Å²) in [4.78, 5) is 17.2. The predicted molar refractivity (Wildman–Crippen MR) is 106 cm³/mol. The number of rotatable bonds is 6. The molecule has 0 saturated carbocycles. The van der Waals surface area contributed by atoms with E-state index in [1.165, 1.54) is 0 Å². The Morgan fingerprint density at radius 3 is 2.68 bits per heavy atom. The molecule has 4 aromatic rings. The van der Waals surface area contributed by atoms with Gasteiger partial charge in [-0.25, -0.2) is 4.68 Å². The second kappa shape index (κ2) is 7.87. The molecule has 0 fully saturated rings. The maximum absolute atomic E-state index is 13.0. The lowest BCUT2D eigenvalue weighted by atomic mass is 10.1. The molecule has 7 heteroatoms. The molecule has 1 N–H and O–H groups in total. The first-order chi connectivity index (χ1) is 13.7. The first-order valence-electron chi connectivity index (χ1n) is 9.04. The Hall–Kier alpha value is -3.74. The highest BCUT2D eigenvalue weighted by Gasteiger charge is 2.20. The van der Waals surface area contributed by atoms with E-state index in [1.807, 2.05) is 61.7 Å². The molecule has 1 aromatic carbocycles. The highest BCUT2D eigenvalue weighted by atomic mass is 16.1. The number of para-hydroxylation sites is 1. The van der Waals surface area contributed by atoms with Crippen LogP contribution in [0.5, 0.6) is 0 Å². The van der Waals surface area contributed by atoms with Gasteiger partial charge < -0.3 is 5.32 Å². The Morgan fingerprint density at radius 2 is 1.96 bits per heavy atom. The minimum absolute atomic E-state index is 0.0887. The third-order valence-corrected chi connectivity index (χ3v) is 4.31. The van der Waals surface area contributed by atoms with Gasteiger partial charge in [0.15, 0.2) is 0 Å². The number of carbonyl (C=O) groups is 1. The number of benzene rings is 1. The van der Waals surface area contributed by atoms with Gasteiger partial charge in [0.1, 0.15) is 5.69 Å². The zero-order valence-electron chi connectivity index (χ0n) is 15.4. The van der Waals surface area contributed by atoms with E-state index >= 15 is 0 Å². The largest absolute Gasteiger partial charge is 0.348 e. The van der Waals surface area contributed by atoms with Crippen molar-refractivity contribution in [2.45, 2.75) is 19.5 Å². The average molecular weight is 372 g/mol. The standard InChI is InChI=1S/C21H20N6O/c1-16(14-26-12-6-11-23-26)24-21(28)19-15-27(18-8-3-2-4-9-18)25-20(19)17-7-5-10-22-13-17/h2-13,15-16H,14H2,1H3,(H,24,28)/t16-/m1/s1. The summed E-state index contributed by atoms with van der Waals surface area (Å²) in [7, 11) is 0. The van der Waals surface area contributed by atoms with Gasteiger partial charge in [-0.2, -0.15) is 10.2 Å². The molecule has 0 aliphatic rings. The van der Waals surface area contributed by atoms with E-state index in [2.05, 4.69) is 20.5 Å². The average Bonchev–Trinajstić information content (AvgIpc) is 3.39. The fourth-order valence-electron chi connectivity index (χ4n) is 3.01. The quantitative estimate of drug-likeness (QED) is 0.564. The van der Waals surface area contributed by atoms with E-state index in [1.54, 1.807) is 34.2 Å². The van der Waals surface area contributed by atoms with Gasteiger partial charge in [-0.1, -0.05) is 18.2 Å². The Bertz CT molecular complexity index is 1040. The highest BCUT2D eigenvalue weighted by molar-refractivity contribution is 6.00. The Kier molecular flexibility index (Phi) is 4.97. The zero-order valence-corrected chi connectivity index (χ0v) is 15.4. The van der Waals surface area contributed by atoms with Gasteiger partial charge in [0.05, 0.1) is 17.8 Å². The lowest BCUT2D eigenvalue weighted by molar-refractivity contribution is 0.0936. The third kappa shape index (κ3) is 3.83. The van der Waals surface area contributed by atoms with E-state index in [4.69, 9.17) is 0 Å². The molecule has 0 unspecified atom stereocenters. The summed E-state index contributed by atoms with van der Waals surface area (Å²) in [6.07, 6.45) is 8.76. The van der Waals surface area contributed by atoms with Gasteiger partial charge in [0.2, 0.25) is 0 Å². The molecule has 0 saturated heterocycles. The van der Waals surface area contributed by atoms with Crippen LogP contribution in [0.1, 0.15) is 17.3 Å². The minimum atomic E-state index is -0.180. The van der Waals surface area contributed by atoms with E-state index < -0.39 is 0 Å². The fraction of sp³-hybridized carbons (Fsp3) is 0.143. The van der Waals surface area contributed by atoms with E-state index in [-0.39, 0.29) is 11.9 Å². The molecule has 0 aliphatic carbocycles. The van der Waals surface area contributed by atoms with Crippen molar-refractivity contribution in [1.29, 1.82) is 0 Å². The van der Waals surface area contributed by atoms with Crippen LogP contribution >= 0.6 is 0 Å². The van der Waals surface area contributed by atoms with Gasteiger partial charge in [0.25, 0.3) is 5.91 Å². The summed E-state index contributed by atoms with van der Waals surface area (Å²) in [5.74, 6) is -0.180. The molecule has 0 radical (unpaired) electrons. The number of hydrogen-bond acceptors (Lipinski definition) is 4. The summed E-state index contributed by atoms with van der Waals surface area (Å²) in [5, 5.41) is 11.9. The second-order valence-electron chi connectivity index (χ2n) is 6.52. The predicted octanol–water partition coefficient (Wildman–Crippen LogP) is 2.95. The van der Waals surface area contributed by atoms with Crippen molar-refractivity contribution < 1.29 is 4.79 Å². The maximum Gasteiger partial charge on any atom is 0.255 e. The summed E-state index contributed by atoms with van der Waals surface area (Å²) >= 11 is 0. The molecule has 0 bridgehead atoms. The summed E-state index contributed by atoms with van der Waals surface area (Å²) < 4.78 is 3.51. The molecule has 0 spiro atoms. The van der Waals surface area contributed by atoms with Gasteiger partial charge in [-0.05, 0) is 37.3 Å². The Morgan fingerprint density at radius 1 is 1.11 bits per heavy atom. The number of aromatic nitrogens is 5. The molecule has 140 valence electrons. The molecular formula is C21H20N6O. The highest BCUT2D eigenvalue weighted by Crippen LogP contribution is 2.23. The van der Waals surface area contributed by atoms with Crippen molar-refractivity contribution in [3.63, 3.8) is 0 Å². The minimum Gasteiger partial charge on any atom is -0.348 e. The van der Waals surface area contributed by atoms with Crippen LogP contribution in [0.15, 0.2) is 79.5 Å². The topological polar surface area (TPSA) is 77.6 Å². The van der Waals surface area contributed by atoms with E-state index in [0.29, 0.717) is 17.8 Å². The molecule has 3 heterocycles. The van der Waals surface area contributed by atoms with Crippen LogP contribution in [0.3, 0.4) is 0 Å². The summed E-state index contributed by atoms with van der Waals surface area (Å²) in [6, 6.07) is 15.2. The smallest absolute Gasteiger partial charge is 0.255 e. The lowest BCUT2D eigenvalue weighted by Gasteiger charge is -2.13. The van der Waals surface area contributed by atoms with Crippen molar-refractivity contribution in [2.75, 3.05) is 0 Å². The number of amides is 1. The number of hydrogen-bond donors (Lipinski definition) is 1. The van der Waals surface area contributed by atoms with Crippen LogP contribution in [0, 0.1) is 0 Å². The van der Waals surface area contributed by atoms with Crippen LogP contribution in [0.25, 0.3) is 16.9 Å². The lowest BCUT2D eigenvalue weighted by Crippen LogP contribution is -2.35. The SMILES string of the molecule is C[C@H](Cn1cccn1)NC(=O)c1cn(-c2ccccc2)nc1-c1cccnc1. The van der Waals surface area contributed by atoms with Crippen molar-refractivity contribution in [3.05, 3.63) is 85.1 Å². The van der Waals surface area contributed by atoms with E-state index in [9.17, 15) is 4.79 Å². The van der Waals surface area contributed by atoms with Crippen LogP contribution < -0.4 is 5.32 Å². The molecule has 1 amide bonds. The number of carbonyl (C=O) groups excluding carboxylic acids is 1. The zero-order chi connectivity index (χ0) is 19.3. The molecule has 0 aliphatic heterocycles. The molecule has 3 aromatic heterocycles. The molecule has 7 nitrogen and oxygen atoms in total. The van der Waals surface area contributed by atoms with Crippen LogP contribution in [0.2, 0.25) is 0 Å². The van der Waals surface area contributed by atoms with Crippen molar-refractivity contribution >= 4 is 5.91 Å². The van der Waals surface area contributed by atoms with E-state index in [0.717, 1.165) is 11.3 Å². The third-order valence-electron chi connectivity index (χ3n) is 4.31. The number of pyridine rings is 1. The first kappa shape index (κ1) is 17.7. The maximum atomic E-state index is 13.0. The van der Waals surface area contributed by atoms with Crippen LogP contribution in [-0.2, 0) is 6.54 Å². The first-order valence-corrected chi connectivity index (χ1v) is 9.04. The normalized spacial score (nSPS) is 11.9. The number of nitrogens with one attached hydrogen (secondary N) is 1. The van der Waals surface area contributed by atoms with Gasteiger partial charge >= 0.3 is 0 Å². The summed E-state index contributed by atoms with van der Waals surface area (Å²) in [6.45, 7) is 2.54. The molecule has 28 heavy (non-hydrogen) atoms. The summed E-state index contributed by atoms with van der Waals surface area (Å²) in [5.41, 5.74) is 2.78. The van der Waals surface area contributed by atoms with Crippen molar-refractivity contribution in [3.8, 4) is 16.9 Å². The van der Waals surface area contributed by atoms with Gasteiger partial charge in [-0.15, -0.1) is 0 Å². The van der Waals surface area contributed by atoms with Crippen molar-refractivity contribution in [1.82, 2.24) is 29.9 Å². The molecular weight excluding hydrogens is 352 g/mol. The number of nitrogens with zero attached hydrogens (tertiary/aromatic N) is 5. The molecule has 4 rings (SSSR count). The second-order valence-corrected chi connectivity index (χ2v) is 6.52.